The van der Waals surface area contributed by atoms with Crippen molar-refractivity contribution in [3.8, 4) is 0 Å². The largest absolute Gasteiger partial charge is 0.364 e. The molecule has 0 amide bonds. The highest BCUT2D eigenvalue weighted by atomic mass is 79.9. The third-order valence-electron chi connectivity index (χ3n) is 2.68. The Labute approximate surface area is 113 Å². The first kappa shape index (κ1) is 13.2. The number of halogens is 3. The van der Waals surface area contributed by atoms with Crippen LogP contribution in [0.15, 0.2) is 36.5 Å². The number of nitrogens with zero attached hydrogens (tertiary/aromatic N) is 2. The molecule has 0 aliphatic rings. The van der Waals surface area contributed by atoms with E-state index in [0.717, 1.165) is 16.6 Å². The van der Waals surface area contributed by atoms with E-state index in [1.165, 1.54) is 0 Å². The predicted molar refractivity (Wildman–Crippen MR) is 73.8 cm³/mol. The fourth-order valence-electron chi connectivity index (χ4n) is 1.94. The van der Waals surface area contributed by atoms with Gasteiger partial charge < -0.3 is 4.90 Å². The lowest BCUT2D eigenvalue weighted by Crippen LogP contribution is -2.30. The van der Waals surface area contributed by atoms with Gasteiger partial charge in [0.25, 0.3) is 6.43 Å². The minimum absolute atomic E-state index is 0.264. The molecule has 0 bridgehead atoms. The summed E-state index contributed by atoms with van der Waals surface area (Å²) in [6, 6.07) is 9.36. The first-order valence-corrected chi connectivity index (χ1v) is 6.77. The normalized spacial score (nSPS) is 11.1. The summed E-state index contributed by atoms with van der Waals surface area (Å²) >= 11 is 3.30. The number of para-hydroxylation sites is 1. The van der Waals surface area contributed by atoms with Gasteiger partial charge in [-0.05, 0) is 12.1 Å². The van der Waals surface area contributed by atoms with Gasteiger partial charge in [0.1, 0.15) is 0 Å². The van der Waals surface area contributed by atoms with Crippen molar-refractivity contribution in [2.75, 3.05) is 23.3 Å². The summed E-state index contributed by atoms with van der Waals surface area (Å²) in [5.74, 6) is 0. The van der Waals surface area contributed by atoms with Crippen LogP contribution < -0.4 is 4.90 Å². The Kier molecular flexibility index (Phi) is 4.47. The molecule has 96 valence electrons. The van der Waals surface area contributed by atoms with Gasteiger partial charge in [0.15, 0.2) is 0 Å². The molecule has 2 nitrogen and oxygen atoms in total. The van der Waals surface area contributed by atoms with Crippen molar-refractivity contribution in [1.29, 1.82) is 0 Å². The highest BCUT2D eigenvalue weighted by Crippen LogP contribution is 2.25. The summed E-state index contributed by atoms with van der Waals surface area (Å²) in [4.78, 5) is 5.92. The maximum atomic E-state index is 12.6. The maximum absolute atomic E-state index is 12.6. The van der Waals surface area contributed by atoms with Crippen LogP contribution >= 0.6 is 15.9 Å². The van der Waals surface area contributed by atoms with Gasteiger partial charge in [-0.1, -0.05) is 34.1 Å². The summed E-state index contributed by atoms with van der Waals surface area (Å²) in [6.07, 6.45) is -0.694. The molecule has 2 aromatic rings. The average Bonchev–Trinajstić information content (AvgIpc) is 2.37. The van der Waals surface area contributed by atoms with Crippen LogP contribution in [0.5, 0.6) is 0 Å². The summed E-state index contributed by atoms with van der Waals surface area (Å²) in [7, 11) is 0. The zero-order valence-electron chi connectivity index (χ0n) is 9.69. The lowest BCUT2D eigenvalue weighted by molar-refractivity contribution is 0.155. The van der Waals surface area contributed by atoms with Crippen molar-refractivity contribution in [3.05, 3.63) is 36.5 Å². The monoisotopic (exact) mass is 314 g/mol. The first-order chi connectivity index (χ1) is 8.72. The van der Waals surface area contributed by atoms with E-state index in [9.17, 15) is 8.78 Å². The maximum Gasteiger partial charge on any atom is 0.255 e. The molecule has 0 aliphatic carbocycles. The van der Waals surface area contributed by atoms with Crippen LogP contribution in [0.1, 0.15) is 0 Å². The second kappa shape index (κ2) is 6.09. The number of fused-ring (bicyclic) bond motifs is 1. The smallest absolute Gasteiger partial charge is 0.255 e. The molecule has 1 aromatic heterocycles. The molecule has 0 unspecified atom stereocenters. The summed E-state index contributed by atoms with van der Waals surface area (Å²) < 4.78 is 25.2. The quantitative estimate of drug-likeness (QED) is 0.782. The van der Waals surface area contributed by atoms with Crippen LogP contribution in [0.2, 0.25) is 0 Å². The Bertz CT molecular complexity index is 514. The number of benzene rings is 1. The first-order valence-electron chi connectivity index (χ1n) is 5.65. The van der Waals surface area contributed by atoms with Crippen LogP contribution in [0, 0.1) is 0 Å². The van der Waals surface area contributed by atoms with Gasteiger partial charge in [0.2, 0.25) is 0 Å². The van der Waals surface area contributed by atoms with E-state index in [1.807, 2.05) is 24.3 Å². The minimum Gasteiger partial charge on any atom is -0.364 e. The van der Waals surface area contributed by atoms with Gasteiger partial charge in [0, 0.05) is 29.1 Å². The molecule has 0 saturated carbocycles. The molecule has 5 heteroatoms. The second-order valence-electron chi connectivity index (χ2n) is 3.87. The summed E-state index contributed by atoms with van der Waals surface area (Å²) in [6.45, 7) is 0.276. The molecule has 0 radical (unpaired) electrons. The number of anilines is 1. The van der Waals surface area contributed by atoms with Crippen LogP contribution in [0.4, 0.5) is 14.5 Å². The third kappa shape index (κ3) is 2.96. The minimum atomic E-state index is -2.35. The molecule has 0 spiro atoms. The van der Waals surface area contributed by atoms with Crippen molar-refractivity contribution in [1.82, 2.24) is 4.98 Å². The third-order valence-corrected chi connectivity index (χ3v) is 3.03. The molecule has 2 rings (SSSR count). The topological polar surface area (TPSA) is 16.1 Å². The molecule has 0 atom stereocenters. The number of hydrogen-bond acceptors (Lipinski definition) is 2. The summed E-state index contributed by atoms with van der Waals surface area (Å²) in [5, 5.41) is 1.55. The Morgan fingerprint density at radius 1 is 1.22 bits per heavy atom. The van der Waals surface area contributed by atoms with Crippen LogP contribution in [0.3, 0.4) is 0 Å². The van der Waals surface area contributed by atoms with Gasteiger partial charge in [-0.2, -0.15) is 0 Å². The van der Waals surface area contributed by atoms with Crippen LogP contribution in [0.25, 0.3) is 10.9 Å². The molecule has 0 saturated heterocycles. The molecule has 1 heterocycles. The Morgan fingerprint density at radius 3 is 2.72 bits per heavy atom. The van der Waals surface area contributed by atoms with Gasteiger partial charge in [0.05, 0.1) is 12.1 Å². The number of pyridine rings is 1. The van der Waals surface area contributed by atoms with Gasteiger partial charge in [-0.3, -0.25) is 4.98 Å². The van der Waals surface area contributed by atoms with Crippen LogP contribution in [-0.2, 0) is 0 Å². The SMILES string of the molecule is FC(F)CN(CCBr)c1ccnc2ccccc12. The highest BCUT2D eigenvalue weighted by molar-refractivity contribution is 9.09. The van der Waals surface area contributed by atoms with Crippen molar-refractivity contribution in [3.63, 3.8) is 0 Å². The van der Waals surface area contributed by atoms with Crippen molar-refractivity contribution < 1.29 is 8.78 Å². The zero-order chi connectivity index (χ0) is 13.0. The number of rotatable bonds is 5. The molecule has 1 aromatic carbocycles. The highest BCUT2D eigenvalue weighted by Gasteiger charge is 2.14. The van der Waals surface area contributed by atoms with E-state index in [1.54, 1.807) is 17.2 Å². The Morgan fingerprint density at radius 2 is 2.00 bits per heavy atom. The van der Waals surface area contributed by atoms with E-state index < -0.39 is 6.43 Å². The van der Waals surface area contributed by atoms with E-state index in [-0.39, 0.29) is 6.54 Å². The fourth-order valence-corrected chi connectivity index (χ4v) is 2.36. The number of aromatic nitrogens is 1. The lowest BCUT2D eigenvalue weighted by Gasteiger charge is -2.24. The Balaban J connectivity index is 2.43. The van der Waals surface area contributed by atoms with E-state index >= 15 is 0 Å². The van der Waals surface area contributed by atoms with Gasteiger partial charge >= 0.3 is 0 Å². The Hall–Kier alpha value is -1.23. The molecule has 18 heavy (non-hydrogen) atoms. The van der Waals surface area contributed by atoms with E-state index in [2.05, 4.69) is 20.9 Å². The average molecular weight is 315 g/mol. The lowest BCUT2D eigenvalue weighted by atomic mass is 10.1. The molecule has 0 aliphatic heterocycles. The molecule has 0 fully saturated rings. The predicted octanol–water partition coefficient (Wildman–Crippen LogP) is 3.70. The standard InChI is InChI=1S/C13H13BrF2N2/c14-6-8-18(9-13(15)16)12-5-7-17-11-4-2-1-3-10(11)12/h1-5,7,13H,6,8-9H2. The molecule has 0 N–H and O–H groups in total. The van der Waals surface area contributed by atoms with Crippen molar-refractivity contribution in [2.24, 2.45) is 0 Å². The van der Waals surface area contributed by atoms with Crippen molar-refractivity contribution in [2.45, 2.75) is 6.43 Å². The second-order valence-corrected chi connectivity index (χ2v) is 4.67. The van der Waals surface area contributed by atoms with E-state index in [0.29, 0.717) is 11.9 Å². The van der Waals surface area contributed by atoms with Gasteiger partial charge in [-0.15, -0.1) is 0 Å². The molecular formula is C13H13BrF2N2. The zero-order valence-corrected chi connectivity index (χ0v) is 11.3. The fraction of sp³-hybridized carbons (Fsp3) is 0.308. The van der Waals surface area contributed by atoms with Gasteiger partial charge in [-0.25, -0.2) is 8.78 Å². The molecular weight excluding hydrogens is 302 g/mol. The van der Waals surface area contributed by atoms with Crippen molar-refractivity contribution >= 4 is 32.5 Å². The van der Waals surface area contributed by atoms with E-state index in [4.69, 9.17) is 0 Å². The summed E-state index contributed by atoms with van der Waals surface area (Å²) in [5.41, 5.74) is 1.63. The number of hydrogen-bond donors (Lipinski definition) is 0. The number of alkyl halides is 3. The van der Waals surface area contributed by atoms with Crippen LogP contribution in [-0.4, -0.2) is 29.8 Å².